The highest BCUT2D eigenvalue weighted by Crippen LogP contribution is 2.51. The van der Waals surface area contributed by atoms with Crippen molar-refractivity contribution in [2.45, 2.75) is 6.42 Å². The quantitative estimate of drug-likeness (QED) is 0.667. The molecule has 0 aliphatic rings. The van der Waals surface area contributed by atoms with Crippen LogP contribution in [0.2, 0.25) is 0 Å². The first-order valence-electron chi connectivity index (χ1n) is 6.12. The summed E-state index contributed by atoms with van der Waals surface area (Å²) in [6, 6.07) is 19.6. The Morgan fingerprint density at radius 3 is 1.74 bits per heavy atom. The number of hydrogen-bond donors (Lipinski definition) is 1. The van der Waals surface area contributed by atoms with Crippen LogP contribution in [0.3, 0.4) is 0 Å². The summed E-state index contributed by atoms with van der Waals surface area (Å²) in [4.78, 5) is 10.9. The molecule has 0 amide bonds. The van der Waals surface area contributed by atoms with Crippen molar-refractivity contribution in [3.8, 4) is 0 Å². The van der Waals surface area contributed by atoms with Crippen molar-refractivity contribution >= 4 is 31.3 Å². The lowest BCUT2D eigenvalue weighted by molar-refractivity contribution is -0.136. The van der Waals surface area contributed by atoms with E-state index in [1.54, 1.807) is 0 Å². The molecule has 0 aliphatic heterocycles. The zero-order chi connectivity index (χ0) is 13.7. The molecule has 4 heteroatoms. The van der Waals surface area contributed by atoms with Crippen LogP contribution < -0.4 is 10.6 Å². The van der Waals surface area contributed by atoms with Crippen molar-refractivity contribution in [3.05, 3.63) is 60.7 Å². The second kappa shape index (κ2) is 6.03. The second-order valence-corrected chi connectivity index (χ2v) is 7.62. The first-order chi connectivity index (χ1) is 9.13. The fraction of sp³-hybridized carbons (Fsp3) is 0.133. The Morgan fingerprint density at radius 1 is 0.947 bits per heavy atom. The number of aliphatic carboxylic acids is 1. The van der Waals surface area contributed by atoms with E-state index in [2.05, 4.69) is 0 Å². The number of benzene rings is 2. The van der Waals surface area contributed by atoms with Crippen LogP contribution in [-0.2, 0) is 4.79 Å². The predicted molar refractivity (Wildman–Crippen MR) is 81.9 cm³/mol. The Bertz CT molecular complexity index is 503. The summed E-state index contributed by atoms with van der Waals surface area (Å²) in [7, 11) is 4.53. The van der Waals surface area contributed by atoms with Gasteiger partial charge in [0.15, 0.2) is 0 Å². The maximum Gasteiger partial charge on any atom is 0.306 e. The molecule has 0 spiro atoms. The molecular formula is C15H15BO2P. The number of rotatable bonds is 5. The Balaban J connectivity index is 2.41. The van der Waals surface area contributed by atoms with Gasteiger partial charge in [-0.3, -0.25) is 12.4 Å². The normalized spacial score (nSPS) is 11.2. The molecule has 0 saturated carbocycles. The van der Waals surface area contributed by atoms with Gasteiger partial charge in [0.05, 0.1) is 6.42 Å². The van der Waals surface area contributed by atoms with E-state index in [-0.39, 0.29) is 6.42 Å². The molecule has 2 nitrogen and oxygen atoms in total. The summed E-state index contributed by atoms with van der Waals surface area (Å²) in [5.74, 6) is -0.804. The fourth-order valence-corrected chi connectivity index (χ4v) is 4.83. The molecule has 2 aromatic carbocycles. The highest BCUT2D eigenvalue weighted by molar-refractivity contribution is 8.08. The third-order valence-electron chi connectivity index (χ3n) is 3.11. The Kier molecular flexibility index (Phi) is 4.39. The van der Waals surface area contributed by atoms with Gasteiger partial charge in [0.25, 0.3) is 0 Å². The van der Waals surface area contributed by atoms with Crippen LogP contribution in [0.25, 0.3) is 0 Å². The topological polar surface area (TPSA) is 37.3 Å². The molecule has 0 aromatic heterocycles. The highest BCUT2D eigenvalue weighted by Gasteiger charge is 2.24. The molecule has 0 aliphatic carbocycles. The van der Waals surface area contributed by atoms with E-state index in [1.165, 1.54) is 0 Å². The summed E-state index contributed by atoms with van der Waals surface area (Å²) in [5, 5.41) is 11.0. The van der Waals surface area contributed by atoms with Gasteiger partial charge in [-0.25, -0.2) is 0 Å². The summed E-state index contributed by atoms with van der Waals surface area (Å²) in [5.41, 5.74) is 0. The van der Waals surface area contributed by atoms with Gasteiger partial charge < -0.3 is 5.11 Å². The molecule has 19 heavy (non-hydrogen) atoms. The number of carboxylic acid groups (broad SMARTS) is 1. The minimum atomic E-state index is -2.11. The minimum Gasteiger partial charge on any atom is -0.481 e. The Labute approximate surface area is 115 Å². The molecular weight excluding hydrogens is 254 g/mol. The molecule has 95 valence electrons. The van der Waals surface area contributed by atoms with Crippen molar-refractivity contribution in [3.63, 3.8) is 0 Å². The van der Waals surface area contributed by atoms with E-state index >= 15 is 0 Å². The molecule has 1 N–H and O–H groups in total. The standard InChI is InChI=1S/C15H14BO2P/c16-19(12-11-15(17)18,13-7-3-1-4-8-13)14-9-5-2-6-10-14/h1-10H,11-12H2/q-1/p+1. The molecule has 2 rings (SSSR count). The molecule has 2 aromatic rings. The van der Waals surface area contributed by atoms with Crippen molar-refractivity contribution < 1.29 is 9.90 Å². The monoisotopic (exact) mass is 269 g/mol. The van der Waals surface area contributed by atoms with Crippen LogP contribution in [0.15, 0.2) is 60.7 Å². The molecule has 0 fully saturated rings. The smallest absolute Gasteiger partial charge is 0.306 e. The van der Waals surface area contributed by atoms with E-state index in [1.807, 2.05) is 60.7 Å². The van der Waals surface area contributed by atoms with Gasteiger partial charge in [-0.2, -0.15) is 7.14 Å². The van der Waals surface area contributed by atoms with Crippen LogP contribution in [0, 0.1) is 0 Å². The van der Waals surface area contributed by atoms with Crippen molar-refractivity contribution in [1.29, 1.82) is 0 Å². The summed E-state index contributed by atoms with van der Waals surface area (Å²) in [6.07, 6.45) is 0.574. The summed E-state index contributed by atoms with van der Waals surface area (Å²) >= 11 is 0. The zero-order valence-electron chi connectivity index (χ0n) is 10.6. The van der Waals surface area contributed by atoms with E-state index in [0.29, 0.717) is 6.16 Å². The maximum atomic E-state index is 10.9. The van der Waals surface area contributed by atoms with Gasteiger partial charge in [-0.05, 0) is 24.3 Å². The molecule has 0 saturated heterocycles. The Morgan fingerprint density at radius 2 is 1.37 bits per heavy atom. The first kappa shape index (κ1) is 13.8. The lowest BCUT2D eigenvalue weighted by Crippen LogP contribution is -2.25. The van der Waals surface area contributed by atoms with E-state index in [0.717, 1.165) is 10.6 Å². The summed E-state index contributed by atoms with van der Waals surface area (Å²) < 4.78 is 0. The van der Waals surface area contributed by atoms with Gasteiger partial charge in [0.1, 0.15) is 0 Å². The lowest BCUT2D eigenvalue weighted by Gasteiger charge is -2.36. The SMILES string of the molecule is [B-][P+](CCC(=O)O)(c1ccccc1)c1ccccc1. The number of hydrogen-bond acceptors (Lipinski definition) is 1. The van der Waals surface area contributed by atoms with Gasteiger partial charge in [-0.1, -0.05) is 36.4 Å². The van der Waals surface area contributed by atoms with Gasteiger partial charge in [0.2, 0.25) is 0 Å². The van der Waals surface area contributed by atoms with Crippen LogP contribution >= 0.6 is 7.14 Å². The van der Waals surface area contributed by atoms with Crippen LogP contribution in [0.1, 0.15) is 6.42 Å². The maximum absolute atomic E-state index is 10.9. The molecule has 0 bridgehead atoms. The van der Waals surface area contributed by atoms with Crippen molar-refractivity contribution in [1.82, 2.24) is 0 Å². The highest BCUT2D eigenvalue weighted by atomic mass is 31.2. The molecule has 0 atom stereocenters. The van der Waals surface area contributed by atoms with Gasteiger partial charge in [-0.15, -0.1) is 0 Å². The average molecular weight is 269 g/mol. The first-order valence-corrected chi connectivity index (χ1v) is 8.17. The summed E-state index contributed by atoms with van der Waals surface area (Å²) in [6.45, 7) is 0. The van der Waals surface area contributed by atoms with Crippen molar-refractivity contribution in [2.75, 3.05) is 6.16 Å². The predicted octanol–water partition coefficient (Wildman–Crippen LogP) is 2.21. The van der Waals surface area contributed by atoms with E-state index < -0.39 is 13.1 Å². The second-order valence-electron chi connectivity index (χ2n) is 4.41. The van der Waals surface area contributed by atoms with Crippen LogP contribution in [0.5, 0.6) is 0 Å². The molecule has 0 heterocycles. The Hall–Kier alpha value is -1.60. The zero-order valence-corrected chi connectivity index (χ0v) is 11.5. The van der Waals surface area contributed by atoms with E-state index in [4.69, 9.17) is 12.7 Å². The fourth-order valence-electron chi connectivity index (χ4n) is 2.07. The average Bonchev–Trinajstić information content (AvgIpc) is 2.46. The molecule has 0 unspecified atom stereocenters. The third kappa shape index (κ3) is 3.24. The number of carbonyl (C=O) groups is 1. The third-order valence-corrected chi connectivity index (χ3v) is 6.48. The van der Waals surface area contributed by atoms with Gasteiger partial charge >= 0.3 is 5.97 Å². The minimum absolute atomic E-state index is 0.0913. The lowest BCUT2D eigenvalue weighted by atomic mass is 10.4. The molecule has 3 radical (unpaired) electrons. The number of carboxylic acids is 1. The van der Waals surface area contributed by atoms with Gasteiger partial charge in [0, 0.05) is 16.8 Å². The van der Waals surface area contributed by atoms with Crippen LogP contribution in [-0.4, -0.2) is 24.8 Å². The van der Waals surface area contributed by atoms with Crippen molar-refractivity contribution in [2.24, 2.45) is 0 Å². The van der Waals surface area contributed by atoms with E-state index in [9.17, 15) is 4.79 Å². The largest absolute Gasteiger partial charge is 0.481 e. The van der Waals surface area contributed by atoms with Crippen LogP contribution in [0.4, 0.5) is 0 Å².